The summed E-state index contributed by atoms with van der Waals surface area (Å²) in [4.78, 5) is 7.41. The first-order valence-electron chi connectivity index (χ1n) is 10.1. The molecule has 2 aromatic carbocycles. The van der Waals surface area contributed by atoms with Gasteiger partial charge < -0.3 is 10.0 Å². The molecule has 29 heavy (non-hydrogen) atoms. The van der Waals surface area contributed by atoms with E-state index in [0.717, 1.165) is 71.4 Å². The smallest absolute Gasteiger partial charge is 0.0855 e. The zero-order valence-electron chi connectivity index (χ0n) is 16.8. The summed E-state index contributed by atoms with van der Waals surface area (Å²) >= 11 is 0. The number of hydrogen-bond acceptors (Lipinski definition) is 5. The van der Waals surface area contributed by atoms with Crippen LogP contribution in [0.4, 0.5) is 0 Å². The number of hydrogen-bond donors (Lipinski definition) is 1. The van der Waals surface area contributed by atoms with E-state index >= 15 is 0 Å². The van der Waals surface area contributed by atoms with E-state index in [2.05, 4.69) is 15.9 Å². The Hall–Kier alpha value is -1.38. The Bertz CT molecular complexity index is 926. The van der Waals surface area contributed by atoms with E-state index in [1.165, 1.54) is 0 Å². The van der Waals surface area contributed by atoms with E-state index in [-0.39, 0.29) is 12.6 Å². The topological polar surface area (TPSA) is 60.9 Å². The molecule has 1 fully saturated rings. The first kappa shape index (κ1) is 20.9. The zero-order valence-corrected chi connectivity index (χ0v) is 18.4. The highest BCUT2D eigenvalue weighted by molar-refractivity contribution is 7.85. The summed E-state index contributed by atoms with van der Waals surface area (Å²) in [6.45, 7) is 4.96. The van der Waals surface area contributed by atoms with Crippen molar-refractivity contribution in [2.75, 3.05) is 45.6 Å². The molecule has 0 aromatic heterocycles. The molecule has 2 aliphatic rings. The molecular formula is C22H28N2O3S2. The van der Waals surface area contributed by atoms with Gasteiger partial charge in [0.05, 0.1) is 10.8 Å². The number of aliphatic hydroxyl groups is 1. The van der Waals surface area contributed by atoms with E-state index in [4.69, 9.17) is 5.11 Å². The lowest BCUT2D eigenvalue weighted by Gasteiger charge is -2.39. The minimum Gasteiger partial charge on any atom is -0.396 e. The van der Waals surface area contributed by atoms with Crippen molar-refractivity contribution < 1.29 is 13.5 Å². The summed E-state index contributed by atoms with van der Waals surface area (Å²) in [5.41, 5.74) is 2.19. The molecule has 7 heteroatoms. The molecule has 0 spiro atoms. The molecule has 0 saturated carbocycles. The third-order valence-corrected chi connectivity index (χ3v) is 8.42. The quantitative estimate of drug-likeness (QED) is 0.785. The van der Waals surface area contributed by atoms with Gasteiger partial charge in [-0.15, -0.1) is 0 Å². The predicted octanol–water partition coefficient (Wildman–Crippen LogP) is 2.19. The van der Waals surface area contributed by atoms with Crippen LogP contribution in [0.5, 0.6) is 0 Å². The van der Waals surface area contributed by atoms with Gasteiger partial charge in [0.2, 0.25) is 0 Å². The Morgan fingerprint density at radius 3 is 2.59 bits per heavy atom. The number of aliphatic hydroxyl groups excluding tert-OH is 1. The molecule has 2 heterocycles. The van der Waals surface area contributed by atoms with Crippen LogP contribution in [-0.4, -0.2) is 68.9 Å². The van der Waals surface area contributed by atoms with Crippen molar-refractivity contribution in [3.63, 3.8) is 0 Å². The molecular weight excluding hydrogens is 404 g/mol. The lowest BCUT2D eigenvalue weighted by atomic mass is 9.96. The molecule has 0 unspecified atom stereocenters. The van der Waals surface area contributed by atoms with Crippen LogP contribution in [0.1, 0.15) is 23.6 Å². The van der Waals surface area contributed by atoms with Gasteiger partial charge in [-0.05, 0) is 48.2 Å². The van der Waals surface area contributed by atoms with Gasteiger partial charge in [0.25, 0.3) is 0 Å². The lowest BCUT2D eigenvalue weighted by molar-refractivity contribution is 0.0898. The molecule has 3 atom stereocenters. The third-order valence-electron chi connectivity index (χ3n) is 5.94. The van der Waals surface area contributed by atoms with Crippen LogP contribution in [0.3, 0.4) is 0 Å². The van der Waals surface area contributed by atoms with Crippen LogP contribution >= 0.6 is 0 Å². The molecule has 1 N–H and O–H groups in total. The van der Waals surface area contributed by atoms with Gasteiger partial charge in [0.15, 0.2) is 0 Å². The van der Waals surface area contributed by atoms with Crippen molar-refractivity contribution in [2.45, 2.75) is 33.6 Å². The van der Waals surface area contributed by atoms with Gasteiger partial charge in [-0.3, -0.25) is 9.11 Å². The summed E-state index contributed by atoms with van der Waals surface area (Å²) in [6.07, 6.45) is 3.31. The minimum atomic E-state index is -1.23. The van der Waals surface area contributed by atoms with Gasteiger partial charge in [0, 0.05) is 77.1 Å². The molecule has 1 saturated heterocycles. The minimum absolute atomic E-state index is 0.126. The summed E-state index contributed by atoms with van der Waals surface area (Å²) < 4.78 is 25.5. The molecule has 4 rings (SSSR count). The molecule has 0 aliphatic carbocycles. The summed E-state index contributed by atoms with van der Waals surface area (Å²) in [5, 5.41) is 9.09. The van der Waals surface area contributed by atoms with Gasteiger partial charge in [-0.25, -0.2) is 4.21 Å². The average molecular weight is 433 g/mol. The highest BCUT2D eigenvalue weighted by Gasteiger charge is 2.32. The van der Waals surface area contributed by atoms with E-state index in [0.29, 0.717) is 0 Å². The van der Waals surface area contributed by atoms with Gasteiger partial charge in [0.1, 0.15) is 0 Å². The van der Waals surface area contributed by atoms with Crippen molar-refractivity contribution in [3.8, 4) is 0 Å². The van der Waals surface area contributed by atoms with Crippen LogP contribution in [0.2, 0.25) is 0 Å². The Labute approximate surface area is 177 Å². The van der Waals surface area contributed by atoms with Crippen LogP contribution < -0.4 is 0 Å². The monoisotopic (exact) mass is 432 g/mol. The maximum atomic E-state index is 13.4. The van der Waals surface area contributed by atoms with Gasteiger partial charge in [-0.2, -0.15) is 0 Å². The number of benzene rings is 2. The van der Waals surface area contributed by atoms with E-state index in [1.54, 1.807) is 6.26 Å². The molecule has 2 aliphatic heterocycles. The molecule has 0 bridgehead atoms. The van der Waals surface area contributed by atoms with E-state index in [1.807, 2.05) is 36.4 Å². The van der Waals surface area contributed by atoms with Crippen LogP contribution in [0.25, 0.3) is 0 Å². The maximum Gasteiger partial charge on any atom is 0.0855 e. The largest absolute Gasteiger partial charge is 0.396 e. The van der Waals surface area contributed by atoms with Gasteiger partial charge in [-0.1, -0.05) is 18.2 Å². The maximum absolute atomic E-state index is 13.4. The lowest BCUT2D eigenvalue weighted by Crippen LogP contribution is -2.48. The van der Waals surface area contributed by atoms with Crippen molar-refractivity contribution in [2.24, 2.45) is 0 Å². The van der Waals surface area contributed by atoms with Crippen LogP contribution in [0, 0.1) is 0 Å². The summed E-state index contributed by atoms with van der Waals surface area (Å²) in [6, 6.07) is 13.9. The Morgan fingerprint density at radius 1 is 1.10 bits per heavy atom. The number of piperazine rings is 1. The first-order chi connectivity index (χ1) is 14.1. The predicted molar refractivity (Wildman–Crippen MR) is 116 cm³/mol. The van der Waals surface area contributed by atoms with Crippen molar-refractivity contribution in [1.82, 2.24) is 9.80 Å². The van der Waals surface area contributed by atoms with Crippen molar-refractivity contribution in [1.29, 1.82) is 0 Å². The first-order valence-corrected chi connectivity index (χ1v) is 12.8. The fourth-order valence-corrected chi connectivity index (χ4v) is 6.33. The Kier molecular flexibility index (Phi) is 6.61. The number of rotatable bonds is 5. The second-order valence-electron chi connectivity index (χ2n) is 7.70. The van der Waals surface area contributed by atoms with Crippen LogP contribution in [0.15, 0.2) is 57.2 Å². The number of nitrogens with zero attached hydrogens (tertiary/aromatic N) is 2. The normalized spacial score (nSPS) is 23.8. The Morgan fingerprint density at radius 2 is 1.86 bits per heavy atom. The molecule has 156 valence electrons. The summed E-state index contributed by atoms with van der Waals surface area (Å²) in [5.74, 6) is 0. The van der Waals surface area contributed by atoms with E-state index < -0.39 is 21.6 Å². The van der Waals surface area contributed by atoms with Crippen molar-refractivity contribution in [3.05, 3.63) is 53.6 Å². The zero-order chi connectivity index (χ0) is 20.4. The second-order valence-corrected chi connectivity index (χ2v) is 10.5. The fourth-order valence-electron chi connectivity index (χ4n) is 4.34. The molecule has 5 nitrogen and oxygen atoms in total. The highest BCUT2D eigenvalue weighted by atomic mass is 32.2. The van der Waals surface area contributed by atoms with E-state index in [9.17, 15) is 8.42 Å². The van der Waals surface area contributed by atoms with Crippen molar-refractivity contribution >= 4 is 21.6 Å². The third kappa shape index (κ3) is 4.39. The second kappa shape index (κ2) is 9.18. The fraction of sp³-hybridized carbons (Fsp3) is 0.455. The SMILES string of the molecule is C[S@](=O)c1ccc2c(c1)[C@H](N1CCN(CCCO)CC1)Cc1ccccc1[S@@]2=O. The van der Waals surface area contributed by atoms with Gasteiger partial charge >= 0.3 is 0 Å². The molecule has 0 radical (unpaired) electrons. The average Bonchev–Trinajstić information content (AvgIpc) is 2.87. The molecule has 0 amide bonds. The Balaban J connectivity index is 1.69. The standard InChI is InChI=1S/C22H28N2O3S2/c1-28(26)18-7-8-22-19(16-18)20(15-17-5-2-3-6-21(17)29(22)27)24-12-10-23(11-13-24)9-4-14-25/h2-3,5-8,16,20,25H,4,9-15H2,1H3/t20-,28+,29+/m1/s1. The molecule has 2 aromatic rings. The highest BCUT2D eigenvalue weighted by Crippen LogP contribution is 2.38. The summed E-state index contributed by atoms with van der Waals surface area (Å²) in [7, 11) is -2.30. The number of fused-ring (bicyclic) bond motifs is 2. The van der Waals surface area contributed by atoms with Crippen LogP contribution in [-0.2, 0) is 28.0 Å².